The SMILES string of the molecule is C/C=C/CC1(C)C(/C=C/C=C2\N(CC)c3ccc4ccccc4c3N2CC)=[N+](C)c2ccc3ccccc3c21. The smallest absolute Gasteiger partial charge is 0.210 e. The van der Waals surface area contributed by atoms with Gasteiger partial charge < -0.3 is 9.80 Å². The Morgan fingerprint density at radius 2 is 1.49 bits per heavy atom. The van der Waals surface area contributed by atoms with Crippen LogP contribution in [0.3, 0.4) is 0 Å². The van der Waals surface area contributed by atoms with Gasteiger partial charge in [0, 0.05) is 36.2 Å². The molecule has 0 radical (unpaired) electrons. The molecular formula is C36H38N3+. The molecular weight excluding hydrogens is 474 g/mol. The van der Waals surface area contributed by atoms with E-state index in [0.717, 1.165) is 19.5 Å². The van der Waals surface area contributed by atoms with Crippen LogP contribution in [0.4, 0.5) is 17.1 Å². The van der Waals surface area contributed by atoms with Gasteiger partial charge in [-0.2, -0.15) is 4.58 Å². The van der Waals surface area contributed by atoms with Gasteiger partial charge in [-0.3, -0.25) is 0 Å². The Morgan fingerprint density at radius 3 is 2.21 bits per heavy atom. The standard InChI is InChI=1S/C36H38N3/c1-6-9-25-36(4)32(37(5)30-23-21-26-15-10-12-17-28(26)34(30)36)19-14-20-33-38(7-2)31-24-22-27-16-11-13-18-29(27)35(31)39(33)8-3/h6,9-24H,7-8,25H2,1-5H3/q+1/b9-6+. The number of hydrogen-bond donors (Lipinski definition) is 0. The average molecular weight is 513 g/mol. The van der Waals surface area contributed by atoms with Crippen molar-refractivity contribution in [3.05, 3.63) is 115 Å². The maximum atomic E-state index is 2.47. The second kappa shape index (κ2) is 9.89. The number of benzene rings is 4. The summed E-state index contributed by atoms with van der Waals surface area (Å²) in [5.41, 5.74) is 6.56. The third-order valence-electron chi connectivity index (χ3n) is 8.63. The molecule has 3 nitrogen and oxygen atoms in total. The van der Waals surface area contributed by atoms with Gasteiger partial charge in [-0.1, -0.05) is 72.8 Å². The van der Waals surface area contributed by atoms with Crippen LogP contribution in [0.15, 0.2) is 109 Å². The molecule has 6 rings (SSSR count). The summed E-state index contributed by atoms with van der Waals surface area (Å²) in [6.07, 6.45) is 12.4. The van der Waals surface area contributed by atoms with Crippen LogP contribution in [0.5, 0.6) is 0 Å². The van der Waals surface area contributed by atoms with Crippen molar-refractivity contribution in [2.75, 3.05) is 29.9 Å². The lowest BCUT2D eigenvalue weighted by atomic mass is 9.74. The highest BCUT2D eigenvalue weighted by atomic mass is 15.4. The zero-order chi connectivity index (χ0) is 27.1. The molecule has 2 aliphatic rings. The van der Waals surface area contributed by atoms with Gasteiger partial charge in [-0.15, -0.1) is 0 Å². The molecule has 2 aliphatic heterocycles. The van der Waals surface area contributed by atoms with Crippen LogP contribution in [0.1, 0.15) is 39.7 Å². The lowest BCUT2D eigenvalue weighted by Crippen LogP contribution is -2.30. The quantitative estimate of drug-likeness (QED) is 0.189. The fraction of sp³-hybridized carbons (Fsp3) is 0.250. The molecule has 1 atom stereocenters. The first-order chi connectivity index (χ1) is 19.0. The van der Waals surface area contributed by atoms with Gasteiger partial charge in [0.15, 0.2) is 5.71 Å². The van der Waals surface area contributed by atoms with Gasteiger partial charge in [0.05, 0.1) is 16.8 Å². The molecule has 4 aromatic carbocycles. The third kappa shape index (κ3) is 3.83. The first kappa shape index (κ1) is 25.2. The van der Waals surface area contributed by atoms with E-state index in [1.807, 2.05) is 0 Å². The van der Waals surface area contributed by atoms with E-state index < -0.39 is 0 Å². The van der Waals surface area contributed by atoms with Crippen LogP contribution in [-0.4, -0.2) is 30.4 Å². The van der Waals surface area contributed by atoms with Crippen LogP contribution >= 0.6 is 0 Å². The molecule has 0 saturated carbocycles. The molecule has 39 heavy (non-hydrogen) atoms. The van der Waals surface area contributed by atoms with Crippen molar-refractivity contribution in [2.45, 2.75) is 39.5 Å². The summed E-state index contributed by atoms with van der Waals surface area (Å²) >= 11 is 0. The van der Waals surface area contributed by atoms with Gasteiger partial charge >= 0.3 is 0 Å². The lowest BCUT2D eigenvalue weighted by Gasteiger charge is -2.23. The van der Waals surface area contributed by atoms with Crippen molar-refractivity contribution >= 4 is 44.3 Å². The summed E-state index contributed by atoms with van der Waals surface area (Å²) in [5.74, 6) is 1.24. The fourth-order valence-electron chi connectivity index (χ4n) is 6.79. The van der Waals surface area contributed by atoms with Crippen molar-refractivity contribution in [1.82, 2.24) is 0 Å². The molecule has 0 amide bonds. The normalized spacial score (nSPS) is 20.0. The van der Waals surface area contributed by atoms with E-state index in [1.165, 1.54) is 55.7 Å². The highest BCUT2D eigenvalue weighted by Crippen LogP contribution is 2.47. The molecule has 0 aliphatic carbocycles. The monoisotopic (exact) mass is 512 g/mol. The van der Waals surface area contributed by atoms with Crippen LogP contribution in [0, 0.1) is 0 Å². The zero-order valence-corrected chi connectivity index (χ0v) is 23.8. The number of anilines is 2. The summed E-state index contributed by atoms with van der Waals surface area (Å²) in [5, 5.41) is 5.25. The molecule has 0 fully saturated rings. The largest absolute Gasteiger partial charge is 0.326 e. The lowest BCUT2D eigenvalue weighted by molar-refractivity contribution is -0.401. The van der Waals surface area contributed by atoms with Crippen LogP contribution < -0.4 is 9.80 Å². The van der Waals surface area contributed by atoms with Gasteiger partial charge in [0.2, 0.25) is 5.69 Å². The van der Waals surface area contributed by atoms with E-state index in [4.69, 9.17) is 0 Å². The molecule has 0 bridgehead atoms. The highest BCUT2D eigenvalue weighted by Gasteiger charge is 2.46. The van der Waals surface area contributed by atoms with Crippen molar-refractivity contribution in [3.63, 3.8) is 0 Å². The molecule has 3 heteroatoms. The third-order valence-corrected chi connectivity index (χ3v) is 8.63. The number of allylic oxidation sites excluding steroid dienone is 5. The van der Waals surface area contributed by atoms with E-state index in [1.54, 1.807) is 0 Å². The Balaban J connectivity index is 1.45. The van der Waals surface area contributed by atoms with E-state index in [-0.39, 0.29) is 5.41 Å². The number of rotatable bonds is 6. The highest BCUT2D eigenvalue weighted by molar-refractivity contribution is 6.08. The zero-order valence-electron chi connectivity index (χ0n) is 23.8. The summed E-state index contributed by atoms with van der Waals surface area (Å²) in [7, 11) is 2.22. The van der Waals surface area contributed by atoms with Crippen molar-refractivity contribution in [2.24, 2.45) is 0 Å². The minimum atomic E-state index is -0.115. The van der Waals surface area contributed by atoms with Crippen molar-refractivity contribution in [3.8, 4) is 0 Å². The average Bonchev–Trinajstić information content (AvgIpc) is 3.40. The first-order valence-electron chi connectivity index (χ1n) is 14.2. The van der Waals surface area contributed by atoms with E-state index in [9.17, 15) is 0 Å². The molecule has 0 saturated heterocycles. The summed E-state index contributed by atoms with van der Waals surface area (Å²) in [6, 6.07) is 26.6. The predicted molar refractivity (Wildman–Crippen MR) is 169 cm³/mol. The van der Waals surface area contributed by atoms with Gasteiger partial charge in [0.1, 0.15) is 12.9 Å². The summed E-state index contributed by atoms with van der Waals surface area (Å²) in [4.78, 5) is 4.91. The van der Waals surface area contributed by atoms with Gasteiger partial charge in [0.25, 0.3) is 0 Å². The van der Waals surface area contributed by atoms with Crippen molar-refractivity contribution in [1.29, 1.82) is 0 Å². The first-order valence-corrected chi connectivity index (χ1v) is 14.2. The van der Waals surface area contributed by atoms with E-state index in [2.05, 4.69) is 152 Å². The summed E-state index contributed by atoms with van der Waals surface area (Å²) in [6.45, 7) is 10.9. The second-order valence-corrected chi connectivity index (χ2v) is 10.8. The van der Waals surface area contributed by atoms with Crippen molar-refractivity contribution < 1.29 is 4.58 Å². The fourth-order valence-corrected chi connectivity index (χ4v) is 6.79. The topological polar surface area (TPSA) is 9.49 Å². The predicted octanol–water partition coefficient (Wildman–Crippen LogP) is 8.71. The summed E-state index contributed by atoms with van der Waals surface area (Å²) < 4.78 is 2.40. The minimum absolute atomic E-state index is 0.115. The van der Waals surface area contributed by atoms with E-state index in [0.29, 0.717) is 0 Å². The minimum Gasteiger partial charge on any atom is -0.326 e. The number of fused-ring (bicyclic) bond motifs is 6. The molecule has 0 N–H and O–H groups in total. The molecule has 0 aromatic heterocycles. The number of hydrogen-bond acceptors (Lipinski definition) is 2. The molecule has 2 heterocycles. The van der Waals surface area contributed by atoms with Gasteiger partial charge in [-0.05, 0) is 68.5 Å². The Morgan fingerprint density at radius 1 is 0.821 bits per heavy atom. The Bertz CT molecular complexity index is 1700. The number of nitrogens with zero attached hydrogens (tertiary/aromatic N) is 3. The maximum absolute atomic E-state index is 2.47. The molecule has 0 spiro atoms. The molecule has 4 aromatic rings. The van der Waals surface area contributed by atoms with E-state index >= 15 is 0 Å². The van der Waals surface area contributed by atoms with Crippen LogP contribution in [0.25, 0.3) is 21.5 Å². The molecule has 196 valence electrons. The Labute approximate surface area is 232 Å². The van der Waals surface area contributed by atoms with Crippen LogP contribution in [-0.2, 0) is 5.41 Å². The Kier molecular flexibility index (Phi) is 6.38. The second-order valence-electron chi connectivity index (χ2n) is 10.8. The maximum Gasteiger partial charge on any atom is 0.210 e. The Hall–Kier alpha value is -4.11. The van der Waals surface area contributed by atoms with Gasteiger partial charge in [-0.25, -0.2) is 0 Å². The van der Waals surface area contributed by atoms with Crippen LogP contribution in [0.2, 0.25) is 0 Å². The molecule has 1 unspecified atom stereocenters.